The number of fused-ring (bicyclic) bond motifs is 4. The number of pyridine rings is 1. The zero-order valence-electron chi connectivity index (χ0n) is 34.2. The average Bonchev–Trinajstić information content (AvgIpc) is 3.83. The molecule has 0 N–H and O–H groups in total. The van der Waals surface area contributed by atoms with Crippen LogP contribution in [0.2, 0.25) is 0 Å². The number of hydrogen-bond donors (Lipinski definition) is 0. The highest BCUT2D eigenvalue weighted by Gasteiger charge is 2.32. The smallest absolute Gasteiger partial charge is 0.137 e. The summed E-state index contributed by atoms with van der Waals surface area (Å²) < 4.78 is 2.37. The normalized spacial score (nSPS) is 13.0. The quantitative estimate of drug-likeness (QED) is 0.154. The van der Waals surface area contributed by atoms with Crippen molar-refractivity contribution in [3.8, 4) is 5.82 Å². The van der Waals surface area contributed by atoms with Gasteiger partial charge in [-0.1, -0.05) is 148 Å². The van der Waals surface area contributed by atoms with Crippen LogP contribution in [0.4, 0.5) is 22.7 Å². The van der Waals surface area contributed by atoms with Crippen molar-refractivity contribution < 1.29 is 0 Å². The summed E-state index contributed by atoms with van der Waals surface area (Å²) in [6.45, 7) is 10.0. The molecule has 2 aromatic heterocycles. The Morgan fingerprint density at radius 3 is 1.73 bits per heavy atom. The molecule has 288 valence electrons. The van der Waals surface area contributed by atoms with Crippen molar-refractivity contribution in [3.63, 3.8) is 0 Å². The highest BCUT2D eigenvalue weighted by molar-refractivity contribution is 6.09. The van der Waals surface area contributed by atoms with E-state index in [-0.39, 0.29) is 10.8 Å². The van der Waals surface area contributed by atoms with Gasteiger partial charge in [0.25, 0.3) is 0 Å². The Kier molecular flexibility index (Phi) is 8.94. The van der Waals surface area contributed by atoms with E-state index in [9.17, 15) is 0 Å². The molecule has 0 amide bonds. The largest absolute Gasteiger partial charge is 0.321 e. The molecule has 0 unspecified atom stereocenters. The number of aromatic nitrogens is 2. The maximum absolute atomic E-state index is 5.09. The van der Waals surface area contributed by atoms with E-state index in [1.807, 2.05) is 6.20 Å². The Morgan fingerprint density at radius 1 is 0.458 bits per heavy atom. The van der Waals surface area contributed by atoms with Crippen LogP contribution in [0.3, 0.4) is 0 Å². The van der Waals surface area contributed by atoms with Gasteiger partial charge in [0.1, 0.15) is 12.5 Å². The highest BCUT2D eigenvalue weighted by atomic mass is 15.4. The Hall–Kier alpha value is -6.91. The molecular weight excluding hydrogens is 717 g/mol. The first-order valence-electron chi connectivity index (χ1n) is 20.7. The second-order valence-electron chi connectivity index (χ2n) is 17.1. The van der Waals surface area contributed by atoms with Crippen LogP contribution in [-0.2, 0) is 17.3 Å². The third-order valence-electron chi connectivity index (χ3n) is 12.4. The van der Waals surface area contributed by atoms with Gasteiger partial charge in [0.2, 0.25) is 0 Å². The molecule has 1 aliphatic heterocycles. The molecule has 0 fully saturated rings. The van der Waals surface area contributed by atoms with Gasteiger partial charge in [0, 0.05) is 33.8 Å². The van der Waals surface area contributed by atoms with Crippen molar-refractivity contribution in [1.29, 1.82) is 0 Å². The molecule has 7 aromatic carbocycles. The summed E-state index contributed by atoms with van der Waals surface area (Å²) in [4.78, 5) is 9.98. The van der Waals surface area contributed by atoms with Crippen molar-refractivity contribution >= 4 is 44.6 Å². The van der Waals surface area contributed by atoms with Crippen LogP contribution in [-0.4, -0.2) is 16.2 Å². The summed E-state index contributed by atoms with van der Waals surface area (Å²) in [5, 5.41) is 2.45. The molecule has 1 aliphatic rings. The van der Waals surface area contributed by atoms with Gasteiger partial charge in [-0.25, -0.2) is 4.98 Å². The van der Waals surface area contributed by atoms with Crippen LogP contribution < -0.4 is 9.80 Å². The molecular formula is C55H48N4. The van der Waals surface area contributed by atoms with E-state index < -0.39 is 0 Å². The summed E-state index contributed by atoms with van der Waals surface area (Å²) in [6, 6.07) is 68.6. The molecule has 3 heterocycles. The molecule has 0 atom stereocenters. The molecule has 0 spiro atoms. The third-order valence-corrected chi connectivity index (χ3v) is 12.4. The predicted molar refractivity (Wildman–Crippen MR) is 247 cm³/mol. The van der Waals surface area contributed by atoms with Crippen molar-refractivity contribution in [2.45, 2.75) is 44.9 Å². The lowest BCUT2D eigenvalue weighted by Gasteiger charge is -2.32. The maximum Gasteiger partial charge on any atom is 0.137 e. The van der Waals surface area contributed by atoms with Crippen LogP contribution in [0.25, 0.3) is 27.6 Å². The van der Waals surface area contributed by atoms with Gasteiger partial charge in [0.05, 0.1) is 22.4 Å². The van der Waals surface area contributed by atoms with Gasteiger partial charge in [-0.05, 0) is 113 Å². The number of hydrogen-bond acceptors (Lipinski definition) is 3. The minimum Gasteiger partial charge on any atom is -0.321 e. The second kappa shape index (κ2) is 14.5. The molecule has 0 radical (unpaired) electrons. The van der Waals surface area contributed by atoms with E-state index in [0.29, 0.717) is 0 Å². The van der Waals surface area contributed by atoms with E-state index in [1.165, 1.54) is 66.9 Å². The Bertz CT molecular complexity index is 2900. The fraction of sp³-hybridized carbons (Fsp3) is 0.145. The fourth-order valence-corrected chi connectivity index (χ4v) is 9.13. The standard InChI is InChI=1S/C55H48N4/c1-54(2,3)44-33-40(34-46(36-44)58-38-57(45-22-12-7-13-23-45)50-26-16-17-27-51(50)58)32-39-28-29-48-47-24-14-15-25-49(47)59(52(48)35-39)53-37-43(30-31-56-53)55(4,41-18-8-5-9-19-41)42-20-10-6-11-21-42/h5-31,33-37H,32,38H2,1-4H3. The zero-order chi connectivity index (χ0) is 40.1. The summed E-state index contributed by atoms with van der Waals surface area (Å²) in [6.07, 6.45) is 2.79. The topological polar surface area (TPSA) is 24.3 Å². The van der Waals surface area contributed by atoms with E-state index in [1.54, 1.807) is 0 Å². The van der Waals surface area contributed by atoms with Gasteiger partial charge in [-0.2, -0.15) is 0 Å². The lowest BCUT2D eigenvalue weighted by molar-refractivity contribution is 0.589. The number of rotatable bonds is 8. The van der Waals surface area contributed by atoms with Crippen LogP contribution in [0.15, 0.2) is 194 Å². The summed E-state index contributed by atoms with van der Waals surface area (Å²) in [5.74, 6) is 0.914. The van der Waals surface area contributed by atoms with Crippen molar-refractivity contribution in [2.75, 3.05) is 16.5 Å². The van der Waals surface area contributed by atoms with E-state index in [4.69, 9.17) is 4.98 Å². The first-order valence-corrected chi connectivity index (χ1v) is 20.7. The molecule has 0 saturated carbocycles. The van der Waals surface area contributed by atoms with Gasteiger partial charge < -0.3 is 9.80 Å². The third kappa shape index (κ3) is 6.46. The van der Waals surface area contributed by atoms with E-state index in [2.05, 4.69) is 230 Å². The van der Waals surface area contributed by atoms with Crippen molar-refractivity contribution in [1.82, 2.24) is 9.55 Å². The van der Waals surface area contributed by atoms with Crippen LogP contribution in [0.1, 0.15) is 61.1 Å². The van der Waals surface area contributed by atoms with Crippen LogP contribution in [0.5, 0.6) is 0 Å². The molecule has 0 saturated heterocycles. The van der Waals surface area contributed by atoms with Crippen molar-refractivity contribution in [2.24, 2.45) is 0 Å². The molecule has 0 aliphatic carbocycles. The Balaban J connectivity index is 1.08. The number of para-hydroxylation sites is 4. The molecule has 59 heavy (non-hydrogen) atoms. The predicted octanol–water partition coefficient (Wildman–Crippen LogP) is 13.7. The first kappa shape index (κ1) is 36.4. The SMILES string of the molecule is CC(C)(C)c1cc(Cc2ccc3c4ccccc4n(-c4cc(C(C)(c5ccccc5)c5ccccc5)ccn4)c3c2)cc(N2CN(c3ccccc3)c3ccccc32)c1. The van der Waals surface area contributed by atoms with Gasteiger partial charge in [-0.15, -0.1) is 0 Å². The first-order chi connectivity index (χ1) is 28.8. The lowest BCUT2D eigenvalue weighted by Crippen LogP contribution is -2.25. The average molecular weight is 765 g/mol. The summed E-state index contributed by atoms with van der Waals surface area (Å²) in [5.41, 5.74) is 14.4. The number of nitrogens with zero attached hydrogens (tertiary/aromatic N) is 4. The molecule has 10 rings (SSSR count). The summed E-state index contributed by atoms with van der Waals surface area (Å²) >= 11 is 0. The van der Waals surface area contributed by atoms with Gasteiger partial charge in [0.15, 0.2) is 0 Å². The second-order valence-corrected chi connectivity index (χ2v) is 17.1. The zero-order valence-corrected chi connectivity index (χ0v) is 34.2. The molecule has 9 aromatic rings. The minimum absolute atomic E-state index is 0.0236. The van der Waals surface area contributed by atoms with Crippen LogP contribution in [0, 0.1) is 0 Å². The Labute approximate surface area is 347 Å². The maximum atomic E-state index is 5.09. The van der Waals surface area contributed by atoms with Crippen molar-refractivity contribution in [3.05, 3.63) is 228 Å². The van der Waals surface area contributed by atoms with E-state index >= 15 is 0 Å². The van der Waals surface area contributed by atoms with Crippen LogP contribution >= 0.6 is 0 Å². The monoisotopic (exact) mass is 764 g/mol. The minimum atomic E-state index is -0.381. The highest BCUT2D eigenvalue weighted by Crippen LogP contribution is 2.45. The van der Waals surface area contributed by atoms with Gasteiger partial charge >= 0.3 is 0 Å². The number of anilines is 4. The Morgan fingerprint density at radius 2 is 1.05 bits per heavy atom. The molecule has 0 bridgehead atoms. The van der Waals surface area contributed by atoms with E-state index in [0.717, 1.165) is 29.9 Å². The molecule has 4 heteroatoms. The van der Waals surface area contributed by atoms with Gasteiger partial charge in [-0.3, -0.25) is 4.57 Å². The fourth-order valence-electron chi connectivity index (χ4n) is 9.13. The molecule has 4 nitrogen and oxygen atoms in total. The number of benzene rings is 7. The lowest BCUT2D eigenvalue weighted by atomic mass is 9.71. The summed E-state index contributed by atoms with van der Waals surface area (Å²) in [7, 11) is 0.